The van der Waals surface area contributed by atoms with Gasteiger partial charge in [-0.2, -0.15) is 0 Å². The summed E-state index contributed by atoms with van der Waals surface area (Å²) in [5.41, 5.74) is -0.627. The molecule has 5 heteroatoms. The molecule has 0 aromatic heterocycles. The molecule has 0 saturated carbocycles. The van der Waals surface area contributed by atoms with E-state index in [0.717, 1.165) is 57.6 Å². The van der Waals surface area contributed by atoms with Crippen molar-refractivity contribution in [3.8, 4) is 5.75 Å². The molecule has 1 N–H and O–H groups in total. The largest absolute Gasteiger partial charge is 0.490 e. The number of nitrogens with one attached hydrogen (secondary N) is 1. The summed E-state index contributed by atoms with van der Waals surface area (Å²) in [4.78, 5) is 14.9. The third-order valence-electron chi connectivity index (χ3n) is 4.97. The van der Waals surface area contributed by atoms with Gasteiger partial charge in [0.05, 0.1) is 0 Å². The molecule has 126 valence electrons. The van der Waals surface area contributed by atoms with Gasteiger partial charge in [-0.1, -0.05) is 18.2 Å². The highest BCUT2D eigenvalue weighted by atomic mass is 16.5. The lowest BCUT2D eigenvalue weighted by atomic mass is 9.89. The number of amides is 1. The van der Waals surface area contributed by atoms with E-state index in [0.29, 0.717) is 0 Å². The molecule has 0 radical (unpaired) electrons. The van der Waals surface area contributed by atoms with Crippen LogP contribution in [0.5, 0.6) is 5.75 Å². The molecule has 0 atom stereocenters. The fraction of sp³-hybridized carbons (Fsp3) is 0.611. The first-order chi connectivity index (χ1) is 11.2. The number of hydrogen-bond donors (Lipinski definition) is 1. The molecule has 5 nitrogen and oxygen atoms in total. The Balaban J connectivity index is 1.55. The first-order valence-electron chi connectivity index (χ1n) is 8.50. The van der Waals surface area contributed by atoms with Crippen molar-refractivity contribution in [3.63, 3.8) is 0 Å². The normalized spacial score (nSPS) is 21.9. The third-order valence-corrected chi connectivity index (χ3v) is 4.97. The van der Waals surface area contributed by atoms with Crippen LogP contribution in [0.15, 0.2) is 30.3 Å². The monoisotopic (exact) mass is 318 g/mol. The average Bonchev–Trinajstić information content (AvgIpc) is 2.63. The molecule has 2 fully saturated rings. The standard InChI is InChI=1S/C18H26N2O3/c1-22-18(9-11-19-12-10-18)17(21)20-13-7-16(8-14-20)23-15-5-3-2-4-6-15/h2-6,16,19H,7-14H2,1H3. The fourth-order valence-corrected chi connectivity index (χ4v) is 3.49. The van der Waals surface area contributed by atoms with Gasteiger partial charge in [0.2, 0.25) is 0 Å². The number of para-hydroxylation sites is 1. The summed E-state index contributed by atoms with van der Waals surface area (Å²) in [5.74, 6) is 1.06. The highest BCUT2D eigenvalue weighted by Gasteiger charge is 2.43. The number of ether oxygens (including phenoxy) is 2. The first-order valence-corrected chi connectivity index (χ1v) is 8.50. The van der Waals surface area contributed by atoms with Crippen molar-refractivity contribution in [1.29, 1.82) is 0 Å². The second kappa shape index (κ2) is 7.32. The highest BCUT2D eigenvalue weighted by molar-refractivity contribution is 5.85. The van der Waals surface area contributed by atoms with Crippen LogP contribution in [-0.4, -0.2) is 55.8 Å². The van der Waals surface area contributed by atoms with Gasteiger partial charge >= 0.3 is 0 Å². The van der Waals surface area contributed by atoms with E-state index in [9.17, 15) is 4.79 Å². The quantitative estimate of drug-likeness (QED) is 0.920. The minimum absolute atomic E-state index is 0.152. The zero-order chi connectivity index (χ0) is 16.1. The summed E-state index contributed by atoms with van der Waals surface area (Å²) in [6.45, 7) is 3.17. The maximum Gasteiger partial charge on any atom is 0.254 e. The van der Waals surface area contributed by atoms with Gasteiger partial charge in [0, 0.05) is 33.0 Å². The van der Waals surface area contributed by atoms with Crippen LogP contribution in [-0.2, 0) is 9.53 Å². The zero-order valence-electron chi connectivity index (χ0n) is 13.8. The molecule has 0 spiro atoms. The van der Waals surface area contributed by atoms with Crippen LogP contribution < -0.4 is 10.1 Å². The fourth-order valence-electron chi connectivity index (χ4n) is 3.49. The predicted octanol–water partition coefficient (Wildman–Crippen LogP) is 1.82. The second-order valence-electron chi connectivity index (χ2n) is 6.37. The number of likely N-dealkylation sites (tertiary alicyclic amines) is 1. The van der Waals surface area contributed by atoms with E-state index < -0.39 is 5.60 Å². The smallest absolute Gasteiger partial charge is 0.254 e. The van der Waals surface area contributed by atoms with Gasteiger partial charge in [0.15, 0.2) is 0 Å². The van der Waals surface area contributed by atoms with E-state index in [2.05, 4.69) is 5.32 Å². The van der Waals surface area contributed by atoms with Crippen LogP contribution in [0.3, 0.4) is 0 Å². The molecule has 1 aromatic carbocycles. The molecule has 2 saturated heterocycles. The minimum atomic E-state index is -0.627. The van der Waals surface area contributed by atoms with Crippen LogP contribution in [0.2, 0.25) is 0 Å². The summed E-state index contributed by atoms with van der Waals surface area (Å²) < 4.78 is 11.7. The topological polar surface area (TPSA) is 50.8 Å². The molecule has 23 heavy (non-hydrogen) atoms. The van der Waals surface area contributed by atoms with Crippen molar-refractivity contribution >= 4 is 5.91 Å². The number of rotatable bonds is 4. The van der Waals surface area contributed by atoms with Gasteiger partial charge in [-0.3, -0.25) is 4.79 Å². The van der Waals surface area contributed by atoms with E-state index in [1.165, 1.54) is 0 Å². The van der Waals surface area contributed by atoms with Gasteiger partial charge in [-0.25, -0.2) is 0 Å². The van der Waals surface area contributed by atoms with Crippen LogP contribution in [0, 0.1) is 0 Å². The number of methoxy groups -OCH3 is 1. The zero-order valence-corrected chi connectivity index (χ0v) is 13.8. The van der Waals surface area contributed by atoms with Crippen LogP contribution in [0.1, 0.15) is 25.7 Å². The van der Waals surface area contributed by atoms with Crippen LogP contribution in [0.25, 0.3) is 0 Å². The SMILES string of the molecule is COC1(C(=O)N2CCC(Oc3ccccc3)CC2)CCNCC1. The Morgan fingerprint density at radius 1 is 1.17 bits per heavy atom. The van der Waals surface area contributed by atoms with Crippen molar-refractivity contribution in [3.05, 3.63) is 30.3 Å². The van der Waals surface area contributed by atoms with Crippen molar-refractivity contribution in [1.82, 2.24) is 10.2 Å². The lowest BCUT2D eigenvalue weighted by Crippen LogP contribution is -2.57. The minimum Gasteiger partial charge on any atom is -0.490 e. The Labute approximate surface area is 137 Å². The van der Waals surface area contributed by atoms with Gasteiger partial charge in [0.1, 0.15) is 17.5 Å². The lowest BCUT2D eigenvalue weighted by Gasteiger charge is -2.41. The summed E-state index contributed by atoms with van der Waals surface area (Å²) in [6, 6.07) is 9.90. The number of piperidine rings is 2. The molecule has 1 amide bonds. The van der Waals surface area contributed by atoms with E-state index in [1.807, 2.05) is 35.2 Å². The van der Waals surface area contributed by atoms with Crippen LogP contribution in [0.4, 0.5) is 0 Å². The first kappa shape index (κ1) is 16.3. The summed E-state index contributed by atoms with van der Waals surface area (Å²) in [7, 11) is 1.66. The van der Waals surface area contributed by atoms with E-state index in [-0.39, 0.29) is 12.0 Å². The Hall–Kier alpha value is -1.59. The van der Waals surface area contributed by atoms with Crippen molar-refractivity contribution in [2.24, 2.45) is 0 Å². The average molecular weight is 318 g/mol. The summed E-state index contributed by atoms with van der Waals surface area (Å²) >= 11 is 0. The Bertz CT molecular complexity index is 506. The Morgan fingerprint density at radius 2 is 1.83 bits per heavy atom. The van der Waals surface area contributed by atoms with Gasteiger partial charge in [-0.15, -0.1) is 0 Å². The maximum atomic E-state index is 12.9. The number of hydrogen-bond acceptors (Lipinski definition) is 4. The molecular formula is C18H26N2O3. The van der Waals surface area contributed by atoms with Gasteiger partial charge in [-0.05, 0) is 38.1 Å². The van der Waals surface area contributed by atoms with Crippen molar-refractivity contribution < 1.29 is 14.3 Å². The molecule has 0 unspecified atom stereocenters. The van der Waals surface area contributed by atoms with E-state index in [1.54, 1.807) is 7.11 Å². The predicted molar refractivity (Wildman–Crippen MR) is 88.5 cm³/mol. The van der Waals surface area contributed by atoms with Gasteiger partial charge in [0.25, 0.3) is 5.91 Å². The van der Waals surface area contributed by atoms with Crippen LogP contribution >= 0.6 is 0 Å². The molecule has 2 heterocycles. The number of nitrogens with zero attached hydrogens (tertiary/aromatic N) is 1. The van der Waals surface area contributed by atoms with E-state index in [4.69, 9.17) is 9.47 Å². The molecular weight excluding hydrogens is 292 g/mol. The Kier molecular flexibility index (Phi) is 5.18. The van der Waals surface area contributed by atoms with Crippen molar-refractivity contribution in [2.45, 2.75) is 37.4 Å². The van der Waals surface area contributed by atoms with Gasteiger partial charge < -0.3 is 19.7 Å². The molecule has 3 rings (SSSR count). The number of benzene rings is 1. The third kappa shape index (κ3) is 3.67. The molecule has 1 aromatic rings. The second-order valence-corrected chi connectivity index (χ2v) is 6.37. The highest BCUT2D eigenvalue weighted by Crippen LogP contribution is 2.27. The summed E-state index contributed by atoms with van der Waals surface area (Å²) in [5, 5.41) is 3.30. The molecule has 2 aliphatic heterocycles. The lowest BCUT2D eigenvalue weighted by molar-refractivity contribution is -0.160. The molecule has 0 aliphatic carbocycles. The maximum absolute atomic E-state index is 12.9. The number of carbonyl (C=O) groups is 1. The van der Waals surface area contributed by atoms with E-state index >= 15 is 0 Å². The molecule has 2 aliphatic rings. The van der Waals surface area contributed by atoms with Crippen molar-refractivity contribution in [2.75, 3.05) is 33.3 Å². The number of carbonyl (C=O) groups excluding carboxylic acids is 1. The summed E-state index contributed by atoms with van der Waals surface area (Å²) in [6.07, 6.45) is 3.44. The Morgan fingerprint density at radius 3 is 2.43 bits per heavy atom. The molecule has 0 bridgehead atoms.